The van der Waals surface area contributed by atoms with Crippen LogP contribution in [-0.2, 0) is 0 Å². The average Bonchev–Trinajstić information content (AvgIpc) is 2.10. The van der Waals surface area contributed by atoms with Crippen molar-refractivity contribution in [2.24, 2.45) is 0 Å². The quantitative estimate of drug-likeness (QED) is 0.546. The van der Waals surface area contributed by atoms with E-state index < -0.39 is 0 Å². The summed E-state index contributed by atoms with van der Waals surface area (Å²) >= 11 is 0. The molecule has 0 aliphatic carbocycles. The van der Waals surface area contributed by atoms with Crippen molar-refractivity contribution in [3.8, 4) is 6.07 Å². The molecule has 0 saturated heterocycles. The smallest absolute Gasteiger partial charge is 0.0621 e. The summed E-state index contributed by atoms with van der Waals surface area (Å²) in [6.45, 7) is 4.51. The Balaban J connectivity index is 2.96. The molecular weight excluding hydrogens is 148 g/mol. The van der Waals surface area contributed by atoms with Gasteiger partial charge in [0.25, 0.3) is 0 Å². The molecule has 0 aromatic heterocycles. The third kappa shape index (κ3) is 7.56. The van der Waals surface area contributed by atoms with Gasteiger partial charge in [-0.25, -0.2) is 0 Å². The topological polar surface area (TPSA) is 27.0 Å². The van der Waals surface area contributed by atoms with Crippen LogP contribution in [0, 0.1) is 11.3 Å². The summed E-state index contributed by atoms with van der Waals surface area (Å²) in [5.41, 5.74) is 0. The van der Waals surface area contributed by atoms with Crippen molar-refractivity contribution in [2.75, 3.05) is 20.1 Å². The maximum absolute atomic E-state index is 8.29. The molecule has 0 radical (unpaired) electrons. The van der Waals surface area contributed by atoms with Crippen molar-refractivity contribution in [3.63, 3.8) is 0 Å². The van der Waals surface area contributed by atoms with E-state index in [0.717, 1.165) is 19.4 Å². The van der Waals surface area contributed by atoms with Crippen LogP contribution in [0.3, 0.4) is 0 Å². The van der Waals surface area contributed by atoms with Crippen molar-refractivity contribution >= 4 is 0 Å². The number of rotatable bonds is 7. The van der Waals surface area contributed by atoms with Crippen LogP contribution in [0.5, 0.6) is 0 Å². The predicted molar refractivity (Wildman–Crippen MR) is 51.9 cm³/mol. The van der Waals surface area contributed by atoms with Crippen LogP contribution < -0.4 is 0 Å². The Morgan fingerprint density at radius 3 is 2.42 bits per heavy atom. The van der Waals surface area contributed by atoms with Gasteiger partial charge in [-0.1, -0.05) is 19.8 Å². The number of hydrogen-bond donors (Lipinski definition) is 0. The molecule has 12 heavy (non-hydrogen) atoms. The van der Waals surface area contributed by atoms with Gasteiger partial charge in [0.1, 0.15) is 0 Å². The lowest BCUT2D eigenvalue weighted by Gasteiger charge is -2.12. The fourth-order valence-electron chi connectivity index (χ4n) is 1.10. The summed E-state index contributed by atoms with van der Waals surface area (Å²) in [7, 11) is 2.15. The molecule has 0 amide bonds. The summed E-state index contributed by atoms with van der Waals surface area (Å²) in [6, 6.07) is 2.17. The zero-order valence-corrected chi connectivity index (χ0v) is 8.34. The van der Waals surface area contributed by atoms with E-state index in [-0.39, 0.29) is 0 Å². The Labute approximate surface area is 76.2 Å². The first-order valence-corrected chi connectivity index (χ1v) is 4.86. The fourth-order valence-corrected chi connectivity index (χ4v) is 1.10. The minimum Gasteiger partial charge on any atom is -0.307 e. The molecular formula is C10H20N2. The highest BCUT2D eigenvalue weighted by atomic mass is 15.1. The van der Waals surface area contributed by atoms with Crippen molar-refractivity contribution in [3.05, 3.63) is 0 Å². The summed E-state index contributed by atoms with van der Waals surface area (Å²) in [5, 5.41) is 8.29. The molecule has 0 unspecified atom stereocenters. The molecule has 0 N–H and O–H groups in total. The number of nitrogens with zero attached hydrogens (tertiary/aromatic N) is 2. The Morgan fingerprint density at radius 2 is 1.83 bits per heavy atom. The van der Waals surface area contributed by atoms with Crippen molar-refractivity contribution < 1.29 is 0 Å². The molecule has 0 aromatic rings. The molecule has 2 nitrogen and oxygen atoms in total. The fraction of sp³-hybridized carbons (Fsp3) is 0.900. The largest absolute Gasteiger partial charge is 0.307 e. The minimum atomic E-state index is 0.726. The van der Waals surface area contributed by atoms with Gasteiger partial charge in [-0.05, 0) is 33.0 Å². The standard InChI is InChI=1S/C10H20N2/c1-3-12(2)10-8-6-4-5-7-9-11/h3-8,10H2,1-2H3. The molecule has 0 fully saturated rings. The number of hydrogen-bond acceptors (Lipinski definition) is 2. The van der Waals surface area contributed by atoms with E-state index in [1.54, 1.807) is 0 Å². The second-order valence-corrected chi connectivity index (χ2v) is 3.22. The lowest BCUT2D eigenvalue weighted by molar-refractivity contribution is 0.341. The van der Waals surface area contributed by atoms with Crippen molar-refractivity contribution in [1.82, 2.24) is 4.90 Å². The molecule has 0 aliphatic heterocycles. The predicted octanol–water partition coefficient (Wildman–Crippen LogP) is 2.41. The Kier molecular flexibility index (Phi) is 8.15. The van der Waals surface area contributed by atoms with E-state index in [0.29, 0.717) is 0 Å². The van der Waals surface area contributed by atoms with Gasteiger partial charge in [-0.15, -0.1) is 0 Å². The first kappa shape index (κ1) is 11.4. The Bertz CT molecular complexity index is 126. The molecule has 0 rings (SSSR count). The second kappa shape index (κ2) is 8.55. The van der Waals surface area contributed by atoms with Crippen LogP contribution in [0.25, 0.3) is 0 Å². The van der Waals surface area contributed by atoms with Crippen LogP contribution in [0.4, 0.5) is 0 Å². The number of nitriles is 1. The van der Waals surface area contributed by atoms with Gasteiger partial charge in [0.2, 0.25) is 0 Å². The third-order valence-electron chi connectivity index (χ3n) is 2.12. The SMILES string of the molecule is CCN(C)CCCCCCC#N. The summed E-state index contributed by atoms with van der Waals surface area (Å²) in [6.07, 6.45) is 5.56. The maximum atomic E-state index is 8.29. The van der Waals surface area contributed by atoms with E-state index in [2.05, 4.69) is 24.9 Å². The molecule has 2 heteroatoms. The van der Waals surface area contributed by atoms with Gasteiger partial charge in [-0.3, -0.25) is 0 Å². The van der Waals surface area contributed by atoms with Gasteiger partial charge in [0, 0.05) is 6.42 Å². The number of unbranched alkanes of at least 4 members (excludes halogenated alkanes) is 4. The second-order valence-electron chi connectivity index (χ2n) is 3.22. The van der Waals surface area contributed by atoms with Crippen LogP contribution >= 0.6 is 0 Å². The van der Waals surface area contributed by atoms with Crippen LogP contribution in [-0.4, -0.2) is 25.0 Å². The van der Waals surface area contributed by atoms with Crippen LogP contribution in [0.1, 0.15) is 39.0 Å². The average molecular weight is 168 g/mol. The third-order valence-corrected chi connectivity index (χ3v) is 2.12. The van der Waals surface area contributed by atoms with Gasteiger partial charge in [0.05, 0.1) is 6.07 Å². The zero-order valence-electron chi connectivity index (χ0n) is 8.34. The first-order valence-electron chi connectivity index (χ1n) is 4.86. The zero-order chi connectivity index (χ0) is 9.23. The molecule has 0 spiro atoms. The van der Waals surface area contributed by atoms with Gasteiger partial charge < -0.3 is 4.90 Å². The van der Waals surface area contributed by atoms with Crippen LogP contribution in [0.2, 0.25) is 0 Å². The summed E-state index contributed by atoms with van der Waals surface area (Å²) in [5.74, 6) is 0. The van der Waals surface area contributed by atoms with Gasteiger partial charge in [-0.2, -0.15) is 5.26 Å². The lowest BCUT2D eigenvalue weighted by atomic mass is 10.1. The van der Waals surface area contributed by atoms with Gasteiger partial charge in [0.15, 0.2) is 0 Å². The molecule has 0 aliphatic rings. The van der Waals surface area contributed by atoms with E-state index in [9.17, 15) is 0 Å². The Hall–Kier alpha value is -0.550. The van der Waals surface area contributed by atoms with E-state index in [1.807, 2.05) is 0 Å². The van der Waals surface area contributed by atoms with Gasteiger partial charge >= 0.3 is 0 Å². The summed E-state index contributed by atoms with van der Waals surface area (Å²) in [4.78, 5) is 2.32. The monoisotopic (exact) mass is 168 g/mol. The molecule has 0 heterocycles. The van der Waals surface area contributed by atoms with E-state index in [4.69, 9.17) is 5.26 Å². The molecule has 0 atom stereocenters. The van der Waals surface area contributed by atoms with Crippen molar-refractivity contribution in [1.29, 1.82) is 5.26 Å². The van der Waals surface area contributed by atoms with E-state index in [1.165, 1.54) is 25.8 Å². The molecule has 0 bridgehead atoms. The Morgan fingerprint density at radius 1 is 1.17 bits per heavy atom. The summed E-state index contributed by atoms with van der Waals surface area (Å²) < 4.78 is 0. The molecule has 70 valence electrons. The lowest BCUT2D eigenvalue weighted by Crippen LogP contribution is -2.18. The highest BCUT2D eigenvalue weighted by Crippen LogP contribution is 2.02. The van der Waals surface area contributed by atoms with Crippen LogP contribution in [0.15, 0.2) is 0 Å². The highest BCUT2D eigenvalue weighted by molar-refractivity contribution is 4.67. The van der Waals surface area contributed by atoms with Crippen molar-refractivity contribution in [2.45, 2.75) is 39.0 Å². The maximum Gasteiger partial charge on any atom is 0.0621 e. The molecule has 0 aromatic carbocycles. The molecule has 0 saturated carbocycles. The normalized spacial score (nSPS) is 10.2. The minimum absolute atomic E-state index is 0.726. The highest BCUT2D eigenvalue weighted by Gasteiger charge is 1.93. The first-order chi connectivity index (χ1) is 5.81. The van der Waals surface area contributed by atoms with E-state index >= 15 is 0 Å².